The first-order valence-corrected chi connectivity index (χ1v) is 4.14. The van der Waals surface area contributed by atoms with Crippen LogP contribution in [0.2, 0.25) is 0 Å². The number of hydrogen-bond donors (Lipinski definition) is 0. The zero-order valence-electron chi connectivity index (χ0n) is 6.82. The number of allylic oxidation sites excluding steroid dienone is 1. The second-order valence-corrected chi connectivity index (χ2v) is 3.56. The average molecular weight is 136 g/mol. The van der Waals surface area contributed by atoms with Crippen molar-refractivity contribution in [3.63, 3.8) is 0 Å². The van der Waals surface area contributed by atoms with Crippen LogP contribution in [0.5, 0.6) is 0 Å². The van der Waals surface area contributed by atoms with Gasteiger partial charge in [0.1, 0.15) is 0 Å². The first kappa shape index (κ1) is 7.63. The summed E-state index contributed by atoms with van der Waals surface area (Å²) in [5, 5.41) is 0. The van der Waals surface area contributed by atoms with Crippen LogP contribution in [-0.2, 0) is 0 Å². The van der Waals surface area contributed by atoms with Gasteiger partial charge in [-0.2, -0.15) is 0 Å². The van der Waals surface area contributed by atoms with Crippen LogP contribution < -0.4 is 0 Å². The lowest BCUT2D eigenvalue weighted by molar-refractivity contribution is 0.286. The van der Waals surface area contributed by atoms with E-state index in [1.165, 1.54) is 32.1 Å². The molecule has 0 unspecified atom stereocenters. The van der Waals surface area contributed by atoms with E-state index in [-0.39, 0.29) is 0 Å². The highest BCUT2D eigenvalue weighted by molar-refractivity contribution is 4.96. The molecule has 0 amide bonds. The Morgan fingerprint density at radius 1 is 1.30 bits per heavy atom. The smallest absolute Gasteiger partial charge is 0.00710 e. The fourth-order valence-electron chi connectivity index (χ4n) is 1.75. The molecule has 10 heavy (non-hydrogen) atoms. The molecule has 1 saturated carbocycles. The first-order valence-electron chi connectivity index (χ1n) is 4.14. The second kappa shape index (κ2) is 3.07. The summed E-state index contributed by atoms with van der Waals surface area (Å²) in [5.74, 6) is 0. The summed E-state index contributed by atoms with van der Waals surface area (Å²) in [7, 11) is 0. The molecule has 0 bridgehead atoms. The fraction of sp³-hybridized carbons (Fsp3) is 0.700. The summed E-state index contributed by atoms with van der Waals surface area (Å²) in [5.41, 5.74) is 3.33. The predicted octanol–water partition coefficient (Wildman–Crippen LogP) is 3.30. The van der Waals surface area contributed by atoms with Crippen LogP contribution in [0.1, 0.15) is 39.0 Å². The lowest BCUT2D eigenvalue weighted by atomic mass is 9.76. The van der Waals surface area contributed by atoms with Crippen LogP contribution in [0.25, 0.3) is 0 Å². The van der Waals surface area contributed by atoms with Gasteiger partial charge in [-0.1, -0.05) is 32.8 Å². The van der Waals surface area contributed by atoms with Gasteiger partial charge in [0.2, 0.25) is 0 Å². The minimum Gasteiger partial charge on any atom is -0.132 e. The van der Waals surface area contributed by atoms with E-state index in [4.69, 9.17) is 0 Å². The Bertz CT molecular complexity index is 143. The highest BCUT2D eigenvalue weighted by Gasteiger charge is 2.22. The Hall–Kier alpha value is -0.480. The summed E-state index contributed by atoms with van der Waals surface area (Å²) in [4.78, 5) is 0. The Morgan fingerprint density at radius 3 is 2.40 bits per heavy atom. The van der Waals surface area contributed by atoms with Gasteiger partial charge in [-0.15, -0.1) is 5.73 Å². The summed E-state index contributed by atoms with van der Waals surface area (Å²) in [6, 6.07) is 0. The lowest BCUT2D eigenvalue weighted by Gasteiger charge is -2.29. The van der Waals surface area contributed by atoms with Crippen molar-refractivity contribution in [1.29, 1.82) is 0 Å². The molecule has 0 aliphatic heterocycles. The van der Waals surface area contributed by atoms with Gasteiger partial charge in [-0.05, 0) is 24.3 Å². The Balaban J connectivity index is 2.56. The zero-order valence-corrected chi connectivity index (χ0v) is 6.82. The standard InChI is InChI=1S/C10H16/c1-3-7-10(2)8-5-4-6-9-10/h7H,1,4-6,8-9H2,2H3. The molecule has 56 valence electrons. The van der Waals surface area contributed by atoms with E-state index < -0.39 is 0 Å². The van der Waals surface area contributed by atoms with Gasteiger partial charge in [0.05, 0.1) is 0 Å². The van der Waals surface area contributed by atoms with E-state index in [9.17, 15) is 0 Å². The van der Waals surface area contributed by atoms with Crippen molar-refractivity contribution in [2.45, 2.75) is 39.0 Å². The van der Waals surface area contributed by atoms with Crippen molar-refractivity contribution < 1.29 is 0 Å². The predicted molar refractivity (Wildman–Crippen MR) is 44.9 cm³/mol. The molecule has 0 heterocycles. The van der Waals surface area contributed by atoms with Gasteiger partial charge in [-0.25, -0.2) is 0 Å². The molecule has 0 spiro atoms. The van der Waals surface area contributed by atoms with Crippen LogP contribution in [0.15, 0.2) is 18.4 Å². The molecule has 1 rings (SSSR count). The zero-order chi connectivity index (χ0) is 7.45. The average Bonchev–Trinajstić information content (AvgIpc) is 1.89. The van der Waals surface area contributed by atoms with Gasteiger partial charge in [0.25, 0.3) is 0 Å². The Labute approximate surface area is 63.6 Å². The molecule has 0 aromatic carbocycles. The summed E-state index contributed by atoms with van der Waals surface area (Å²) >= 11 is 0. The third-order valence-electron chi connectivity index (χ3n) is 2.45. The van der Waals surface area contributed by atoms with Gasteiger partial charge in [0, 0.05) is 0 Å². The van der Waals surface area contributed by atoms with E-state index in [1.54, 1.807) is 0 Å². The molecular formula is C10H16. The summed E-state index contributed by atoms with van der Waals surface area (Å²) < 4.78 is 0. The molecule has 0 aromatic heterocycles. The first-order chi connectivity index (χ1) is 4.77. The van der Waals surface area contributed by atoms with E-state index in [0.717, 1.165) is 0 Å². The monoisotopic (exact) mass is 136 g/mol. The molecule has 0 aromatic rings. The van der Waals surface area contributed by atoms with E-state index in [0.29, 0.717) is 5.41 Å². The molecule has 1 fully saturated rings. The highest BCUT2D eigenvalue weighted by atomic mass is 14.3. The van der Waals surface area contributed by atoms with Crippen LogP contribution in [0.4, 0.5) is 0 Å². The maximum Gasteiger partial charge on any atom is -0.00710 e. The number of hydrogen-bond acceptors (Lipinski definition) is 0. The third-order valence-corrected chi connectivity index (χ3v) is 2.45. The van der Waals surface area contributed by atoms with Crippen molar-refractivity contribution in [1.82, 2.24) is 0 Å². The Kier molecular flexibility index (Phi) is 2.34. The quantitative estimate of drug-likeness (QED) is 0.485. The fourth-order valence-corrected chi connectivity index (χ4v) is 1.75. The van der Waals surface area contributed by atoms with Crippen LogP contribution in [0, 0.1) is 5.41 Å². The summed E-state index contributed by atoms with van der Waals surface area (Å²) in [6.07, 6.45) is 8.99. The highest BCUT2D eigenvalue weighted by Crippen LogP contribution is 2.36. The molecular weight excluding hydrogens is 120 g/mol. The Morgan fingerprint density at radius 2 is 1.90 bits per heavy atom. The number of rotatable bonds is 1. The SMILES string of the molecule is C=C=CC1(C)CCCCC1. The van der Waals surface area contributed by atoms with E-state index in [1.807, 2.05) is 0 Å². The van der Waals surface area contributed by atoms with Crippen LogP contribution >= 0.6 is 0 Å². The van der Waals surface area contributed by atoms with Crippen LogP contribution in [-0.4, -0.2) is 0 Å². The summed E-state index contributed by atoms with van der Waals surface area (Å²) in [6.45, 7) is 5.93. The van der Waals surface area contributed by atoms with Gasteiger partial charge < -0.3 is 0 Å². The molecule has 1 aliphatic carbocycles. The molecule has 1 aliphatic rings. The second-order valence-electron chi connectivity index (χ2n) is 3.56. The third kappa shape index (κ3) is 1.75. The van der Waals surface area contributed by atoms with E-state index >= 15 is 0 Å². The van der Waals surface area contributed by atoms with Crippen molar-refractivity contribution >= 4 is 0 Å². The van der Waals surface area contributed by atoms with Crippen molar-refractivity contribution in [3.8, 4) is 0 Å². The van der Waals surface area contributed by atoms with Crippen molar-refractivity contribution in [2.75, 3.05) is 0 Å². The lowest BCUT2D eigenvalue weighted by Crippen LogP contribution is -2.16. The minimum absolute atomic E-state index is 0.431. The van der Waals surface area contributed by atoms with Gasteiger partial charge in [0.15, 0.2) is 0 Å². The molecule has 0 nitrogen and oxygen atoms in total. The molecule has 0 N–H and O–H groups in total. The molecule has 0 radical (unpaired) electrons. The van der Waals surface area contributed by atoms with E-state index in [2.05, 4.69) is 25.3 Å². The van der Waals surface area contributed by atoms with Crippen molar-refractivity contribution in [2.24, 2.45) is 5.41 Å². The van der Waals surface area contributed by atoms with Crippen molar-refractivity contribution in [3.05, 3.63) is 18.4 Å². The molecule has 0 saturated heterocycles. The molecule has 0 heteroatoms. The largest absolute Gasteiger partial charge is 0.132 e. The van der Waals surface area contributed by atoms with Crippen LogP contribution in [0.3, 0.4) is 0 Å². The topological polar surface area (TPSA) is 0 Å². The minimum atomic E-state index is 0.431. The maximum absolute atomic E-state index is 3.62. The normalized spacial score (nSPS) is 23.3. The van der Waals surface area contributed by atoms with Gasteiger partial charge >= 0.3 is 0 Å². The van der Waals surface area contributed by atoms with Gasteiger partial charge in [-0.3, -0.25) is 0 Å². The molecule has 0 atom stereocenters. The maximum atomic E-state index is 3.62.